The van der Waals surface area contributed by atoms with E-state index in [2.05, 4.69) is 26.6 Å². The van der Waals surface area contributed by atoms with Crippen LogP contribution in [0.3, 0.4) is 0 Å². The van der Waals surface area contributed by atoms with Gasteiger partial charge in [0, 0.05) is 42.1 Å². The highest BCUT2D eigenvalue weighted by molar-refractivity contribution is 6.13. The van der Waals surface area contributed by atoms with Gasteiger partial charge in [0.05, 0.1) is 11.4 Å². The number of pyridine rings is 2. The average molecular weight is 303 g/mol. The summed E-state index contributed by atoms with van der Waals surface area (Å²) in [6.07, 6.45) is 11.7. The van der Waals surface area contributed by atoms with Gasteiger partial charge < -0.3 is 0 Å². The Hall–Kier alpha value is -3.08. The van der Waals surface area contributed by atoms with Gasteiger partial charge in [-0.15, -0.1) is 0 Å². The van der Waals surface area contributed by atoms with Crippen LogP contribution in [0.1, 0.15) is 24.5 Å². The van der Waals surface area contributed by atoms with Crippen LogP contribution in [0.25, 0.3) is 5.70 Å². The van der Waals surface area contributed by atoms with Crippen LogP contribution in [0.5, 0.6) is 0 Å². The average Bonchev–Trinajstić information content (AvgIpc) is 2.61. The van der Waals surface area contributed by atoms with E-state index in [0.29, 0.717) is 5.82 Å². The molecule has 0 N–H and O–H groups in total. The van der Waals surface area contributed by atoms with E-state index in [0.717, 1.165) is 29.0 Å². The lowest BCUT2D eigenvalue weighted by Gasteiger charge is -2.26. The van der Waals surface area contributed by atoms with Crippen molar-refractivity contribution in [2.45, 2.75) is 13.3 Å². The third-order valence-electron chi connectivity index (χ3n) is 3.33. The van der Waals surface area contributed by atoms with Crippen molar-refractivity contribution in [3.63, 3.8) is 0 Å². The molecule has 5 heteroatoms. The van der Waals surface area contributed by atoms with Crippen LogP contribution < -0.4 is 0 Å². The fourth-order valence-corrected chi connectivity index (χ4v) is 2.24. The quantitative estimate of drug-likeness (QED) is 0.812. The van der Waals surface area contributed by atoms with E-state index in [9.17, 15) is 0 Å². The Bertz CT molecular complexity index is 776. The van der Waals surface area contributed by atoms with Crippen molar-refractivity contribution in [3.05, 3.63) is 78.7 Å². The van der Waals surface area contributed by atoms with E-state index in [1.807, 2.05) is 43.5 Å². The predicted octanol–water partition coefficient (Wildman–Crippen LogP) is 3.49. The molecular weight excluding hydrogens is 286 g/mol. The van der Waals surface area contributed by atoms with Gasteiger partial charge in [0.15, 0.2) is 0 Å². The molecule has 0 aromatic carbocycles. The van der Waals surface area contributed by atoms with Gasteiger partial charge in [-0.05, 0) is 36.8 Å². The lowest BCUT2D eigenvalue weighted by molar-refractivity contribution is 0.518. The van der Waals surface area contributed by atoms with E-state index in [4.69, 9.17) is 0 Å². The Kier molecular flexibility index (Phi) is 4.38. The third kappa shape index (κ3) is 3.23. The molecule has 0 unspecified atom stereocenters. The van der Waals surface area contributed by atoms with Gasteiger partial charge in [-0.2, -0.15) is 5.10 Å². The Labute approximate surface area is 135 Å². The summed E-state index contributed by atoms with van der Waals surface area (Å²) in [6.45, 7) is 6.09. The largest absolute Gasteiger partial charge is 0.265 e. The maximum absolute atomic E-state index is 4.58. The smallest absolute Gasteiger partial charge is 0.147 e. The van der Waals surface area contributed by atoms with E-state index < -0.39 is 0 Å². The molecular formula is C18H17N5. The van der Waals surface area contributed by atoms with Crippen LogP contribution in [0.2, 0.25) is 0 Å². The molecule has 114 valence electrons. The van der Waals surface area contributed by atoms with Crippen molar-refractivity contribution in [2.24, 2.45) is 10.1 Å². The molecule has 0 atom stereocenters. The SMILES string of the molecule is C=C1N=C(c2ccncc2)C=C(c2ccncc2)N1/N=C\CC. The van der Waals surface area contributed by atoms with Crippen LogP contribution >= 0.6 is 0 Å². The van der Waals surface area contributed by atoms with Gasteiger partial charge in [-0.1, -0.05) is 13.5 Å². The molecule has 0 radical (unpaired) electrons. The van der Waals surface area contributed by atoms with Crippen LogP contribution in [0.15, 0.2) is 77.6 Å². The Morgan fingerprint density at radius 1 is 1.04 bits per heavy atom. The highest BCUT2D eigenvalue weighted by Crippen LogP contribution is 2.28. The first-order valence-electron chi connectivity index (χ1n) is 7.42. The molecule has 3 rings (SSSR count). The van der Waals surface area contributed by atoms with Crippen LogP contribution in [-0.2, 0) is 0 Å². The molecule has 0 saturated heterocycles. The molecule has 0 aliphatic carbocycles. The standard InChI is InChI=1S/C18H17N5/c1-3-8-21-23-14(2)22-17(15-4-9-19-10-5-15)13-18(23)16-6-11-20-12-7-16/h4-13H,2-3H2,1H3/b21-8-. The van der Waals surface area contributed by atoms with Crippen LogP contribution in [-0.4, -0.2) is 26.9 Å². The zero-order valence-corrected chi connectivity index (χ0v) is 12.9. The Morgan fingerprint density at radius 3 is 2.26 bits per heavy atom. The minimum absolute atomic E-state index is 0.579. The van der Waals surface area contributed by atoms with Gasteiger partial charge in [-0.3, -0.25) is 9.97 Å². The normalized spacial score (nSPS) is 14.8. The lowest BCUT2D eigenvalue weighted by Crippen LogP contribution is -2.20. The summed E-state index contributed by atoms with van der Waals surface area (Å²) >= 11 is 0. The van der Waals surface area contributed by atoms with Gasteiger partial charge in [0.1, 0.15) is 5.82 Å². The molecule has 1 aliphatic heterocycles. The zero-order valence-electron chi connectivity index (χ0n) is 12.9. The molecule has 2 aromatic rings. The first-order valence-corrected chi connectivity index (χ1v) is 7.42. The molecule has 0 spiro atoms. The van der Waals surface area contributed by atoms with Crippen LogP contribution in [0, 0.1) is 0 Å². The number of hydrazone groups is 1. The fourth-order valence-electron chi connectivity index (χ4n) is 2.24. The molecule has 3 heterocycles. The molecule has 0 amide bonds. The van der Waals surface area contributed by atoms with Gasteiger partial charge in [0.25, 0.3) is 0 Å². The molecule has 2 aromatic heterocycles. The number of aliphatic imine (C=N–C) groups is 1. The second-order valence-corrected chi connectivity index (χ2v) is 4.93. The summed E-state index contributed by atoms with van der Waals surface area (Å²) in [7, 11) is 0. The molecule has 0 saturated carbocycles. The van der Waals surface area contributed by atoms with Crippen molar-refractivity contribution in [2.75, 3.05) is 0 Å². The number of hydrogen-bond donors (Lipinski definition) is 0. The topological polar surface area (TPSA) is 53.7 Å². The summed E-state index contributed by atoms with van der Waals surface area (Å²) < 4.78 is 0. The third-order valence-corrected chi connectivity index (χ3v) is 3.33. The minimum atomic E-state index is 0.579. The zero-order chi connectivity index (χ0) is 16.1. The number of nitrogens with zero attached hydrogens (tertiary/aromatic N) is 5. The van der Waals surface area contributed by atoms with Crippen molar-refractivity contribution >= 4 is 17.6 Å². The maximum atomic E-state index is 4.58. The summed E-state index contributed by atoms with van der Waals surface area (Å²) in [6, 6.07) is 7.75. The molecule has 23 heavy (non-hydrogen) atoms. The number of aromatic nitrogens is 2. The number of hydrogen-bond acceptors (Lipinski definition) is 5. The predicted molar refractivity (Wildman–Crippen MR) is 92.8 cm³/mol. The van der Waals surface area contributed by atoms with Crippen LogP contribution in [0.4, 0.5) is 0 Å². The summed E-state index contributed by atoms with van der Waals surface area (Å²) in [5.41, 5.74) is 3.76. The molecule has 0 bridgehead atoms. The minimum Gasteiger partial charge on any atom is -0.265 e. The molecule has 5 nitrogen and oxygen atoms in total. The Balaban J connectivity index is 2.08. The Morgan fingerprint density at radius 2 is 1.65 bits per heavy atom. The monoisotopic (exact) mass is 303 g/mol. The first-order chi connectivity index (χ1) is 11.3. The van der Waals surface area contributed by atoms with E-state index >= 15 is 0 Å². The second-order valence-electron chi connectivity index (χ2n) is 4.93. The number of rotatable bonds is 4. The highest BCUT2D eigenvalue weighted by atomic mass is 15.5. The van der Waals surface area contributed by atoms with Gasteiger partial charge in [0.2, 0.25) is 0 Å². The summed E-state index contributed by atoms with van der Waals surface area (Å²) in [5, 5.41) is 6.22. The fraction of sp³-hybridized carbons (Fsp3) is 0.111. The number of allylic oxidation sites excluding steroid dienone is 1. The van der Waals surface area contributed by atoms with E-state index in [1.54, 1.807) is 29.8 Å². The highest BCUT2D eigenvalue weighted by Gasteiger charge is 2.20. The summed E-state index contributed by atoms with van der Waals surface area (Å²) in [5.74, 6) is 0.579. The van der Waals surface area contributed by atoms with Gasteiger partial charge in [-0.25, -0.2) is 10.0 Å². The van der Waals surface area contributed by atoms with Crippen molar-refractivity contribution < 1.29 is 0 Å². The van der Waals surface area contributed by atoms with Crippen molar-refractivity contribution in [1.29, 1.82) is 0 Å². The second kappa shape index (κ2) is 6.79. The molecule has 1 aliphatic rings. The van der Waals surface area contributed by atoms with Gasteiger partial charge >= 0.3 is 0 Å². The van der Waals surface area contributed by atoms with Crippen molar-refractivity contribution in [1.82, 2.24) is 15.0 Å². The maximum Gasteiger partial charge on any atom is 0.147 e. The van der Waals surface area contributed by atoms with E-state index in [1.165, 1.54) is 0 Å². The van der Waals surface area contributed by atoms with Crippen molar-refractivity contribution in [3.8, 4) is 0 Å². The van der Waals surface area contributed by atoms with E-state index in [-0.39, 0.29) is 0 Å². The lowest BCUT2D eigenvalue weighted by atomic mass is 10.1. The first kappa shape index (κ1) is 14.8. The molecule has 0 fully saturated rings. The summed E-state index contributed by atoms with van der Waals surface area (Å²) in [4.78, 5) is 12.7.